The summed E-state index contributed by atoms with van der Waals surface area (Å²) in [6.45, 7) is 6.92. The predicted octanol–water partition coefficient (Wildman–Crippen LogP) is -2.25. The van der Waals surface area contributed by atoms with Gasteiger partial charge in [-0.15, -0.1) is 7.92 Å². The van der Waals surface area contributed by atoms with Crippen LogP contribution in [0, 0.1) is 0 Å². The van der Waals surface area contributed by atoms with Gasteiger partial charge in [0.2, 0.25) is 0 Å². The van der Waals surface area contributed by atoms with Crippen LogP contribution in [-0.4, -0.2) is 36.7 Å². The molecule has 0 saturated heterocycles. The third-order valence-electron chi connectivity index (χ3n) is 1.62. The van der Waals surface area contributed by atoms with Crippen molar-refractivity contribution in [1.29, 1.82) is 0 Å². The molecule has 0 unspecified atom stereocenters. The average molecular weight is 245 g/mol. The first-order chi connectivity index (χ1) is 6.26. The molecule has 3 N–H and O–H groups in total. The molecule has 0 aromatic carbocycles. The van der Waals surface area contributed by atoms with Crippen molar-refractivity contribution < 1.29 is 45.1 Å². The van der Waals surface area contributed by atoms with Crippen molar-refractivity contribution in [2.45, 2.75) is 40.0 Å². The molecule has 0 bridgehead atoms. The van der Waals surface area contributed by atoms with Crippen molar-refractivity contribution in [3.63, 3.8) is 0 Å². The van der Waals surface area contributed by atoms with Gasteiger partial charge in [-0.3, -0.25) is 0 Å². The van der Waals surface area contributed by atoms with E-state index >= 15 is 0 Å². The maximum atomic E-state index is 8.36. The zero-order valence-electron chi connectivity index (χ0n) is 10.6. The van der Waals surface area contributed by atoms with Gasteiger partial charge in [-0.1, -0.05) is 40.0 Å². The molecule has 0 aromatic heterocycles. The van der Waals surface area contributed by atoms with E-state index in [1.807, 2.05) is 0 Å². The summed E-state index contributed by atoms with van der Waals surface area (Å²) in [5.41, 5.74) is 0. The maximum absolute atomic E-state index is 8.36. The SMILES string of the molecule is CCCP(CCC)CCC.O.[Na+].[O-][B]O. The Balaban J connectivity index is -0.000000108. The molecule has 0 aromatic rings. The molecule has 0 heterocycles. The smallest absolute Gasteiger partial charge is 0.861 e. The second kappa shape index (κ2) is 24.6. The maximum Gasteiger partial charge on any atom is 1.00 e. The Hall–Kier alpha value is 1.37. The van der Waals surface area contributed by atoms with Gasteiger partial charge < -0.3 is 15.5 Å². The normalized spacial score (nSPS) is 8.13. The fourth-order valence-electron chi connectivity index (χ4n) is 1.28. The second-order valence-corrected chi connectivity index (χ2v) is 5.63. The molecule has 0 rings (SSSR count). The van der Waals surface area contributed by atoms with Crippen LogP contribution in [0.15, 0.2) is 0 Å². The van der Waals surface area contributed by atoms with Gasteiger partial charge in [0.15, 0.2) is 7.69 Å². The van der Waals surface area contributed by atoms with Gasteiger partial charge in [-0.25, -0.2) is 0 Å². The van der Waals surface area contributed by atoms with Crippen molar-refractivity contribution in [3.05, 3.63) is 0 Å². The van der Waals surface area contributed by atoms with Gasteiger partial charge in [0.1, 0.15) is 0 Å². The van der Waals surface area contributed by atoms with E-state index in [1.54, 1.807) is 0 Å². The Kier molecular flexibility index (Phi) is 41.4. The van der Waals surface area contributed by atoms with Crippen LogP contribution in [0.1, 0.15) is 40.0 Å². The number of rotatable bonds is 6. The molecule has 3 nitrogen and oxygen atoms in total. The van der Waals surface area contributed by atoms with Crippen molar-refractivity contribution in [3.8, 4) is 0 Å². The molecule has 0 fully saturated rings. The minimum absolute atomic E-state index is 0. The molecular formula is C9H24BNaO3P. The zero-order valence-corrected chi connectivity index (χ0v) is 13.5. The second-order valence-electron chi connectivity index (χ2n) is 2.95. The van der Waals surface area contributed by atoms with Crippen LogP contribution in [0.25, 0.3) is 0 Å². The summed E-state index contributed by atoms with van der Waals surface area (Å²) in [5, 5.41) is 15.2. The van der Waals surface area contributed by atoms with Crippen molar-refractivity contribution in [1.82, 2.24) is 0 Å². The Labute approximate surface area is 119 Å². The Morgan fingerprint density at radius 2 is 1.20 bits per heavy atom. The molecule has 1 radical (unpaired) electrons. The van der Waals surface area contributed by atoms with Gasteiger partial charge in [-0.05, 0) is 18.5 Å². The average Bonchev–Trinajstić information content (AvgIpc) is 2.07. The van der Waals surface area contributed by atoms with E-state index in [4.69, 9.17) is 10.0 Å². The molecule has 0 atom stereocenters. The minimum atomic E-state index is -0.250. The molecule has 0 saturated carbocycles. The first kappa shape index (κ1) is 25.3. The van der Waals surface area contributed by atoms with Crippen molar-refractivity contribution in [2.24, 2.45) is 0 Å². The van der Waals surface area contributed by atoms with Gasteiger partial charge in [0, 0.05) is 0 Å². The molecular weight excluding hydrogens is 221 g/mol. The largest absolute Gasteiger partial charge is 1.00 e. The first-order valence-electron chi connectivity index (χ1n) is 5.06. The molecule has 0 aliphatic heterocycles. The monoisotopic (exact) mass is 245 g/mol. The topological polar surface area (TPSA) is 74.8 Å². The zero-order chi connectivity index (χ0) is 10.5. The Bertz CT molecular complexity index is 77.5. The van der Waals surface area contributed by atoms with Crippen LogP contribution in [0.2, 0.25) is 0 Å². The fourth-order valence-corrected chi connectivity index (χ4v) is 3.85. The summed E-state index contributed by atoms with van der Waals surface area (Å²) in [5.74, 6) is 0. The summed E-state index contributed by atoms with van der Waals surface area (Å²) in [6, 6.07) is 0. The molecule has 0 spiro atoms. The van der Waals surface area contributed by atoms with E-state index < -0.39 is 0 Å². The standard InChI is InChI=1S/C9H21P.BHO2.Na.H2O/c1-4-7-10(8-5-2)9-6-3;2-1-3;;/h4-9H2,1-3H3;2H;;1H2/q;-1;+1;. The van der Waals surface area contributed by atoms with Crippen LogP contribution < -0.4 is 34.6 Å². The molecule has 0 aliphatic rings. The summed E-state index contributed by atoms with van der Waals surface area (Å²) in [6.07, 6.45) is 8.72. The fraction of sp³-hybridized carbons (Fsp3) is 1.00. The van der Waals surface area contributed by atoms with E-state index in [9.17, 15) is 0 Å². The van der Waals surface area contributed by atoms with Crippen LogP contribution in [0.3, 0.4) is 0 Å². The van der Waals surface area contributed by atoms with E-state index in [-0.39, 0.29) is 42.7 Å². The Morgan fingerprint density at radius 3 is 1.33 bits per heavy atom. The van der Waals surface area contributed by atoms with Crippen LogP contribution in [-0.2, 0) is 0 Å². The molecule has 6 heteroatoms. The molecule has 0 amide bonds. The third-order valence-corrected chi connectivity index (χ3v) is 4.86. The van der Waals surface area contributed by atoms with E-state index in [2.05, 4.69) is 20.8 Å². The van der Waals surface area contributed by atoms with Gasteiger partial charge in [-0.2, -0.15) is 0 Å². The van der Waals surface area contributed by atoms with Gasteiger partial charge in [0.05, 0.1) is 0 Å². The predicted molar refractivity (Wildman–Crippen MR) is 64.0 cm³/mol. The van der Waals surface area contributed by atoms with Crippen LogP contribution in [0.5, 0.6) is 0 Å². The van der Waals surface area contributed by atoms with Crippen molar-refractivity contribution in [2.75, 3.05) is 18.5 Å². The Morgan fingerprint density at radius 1 is 1.00 bits per heavy atom. The minimum Gasteiger partial charge on any atom is -0.861 e. The summed E-state index contributed by atoms with van der Waals surface area (Å²) in [4.78, 5) is 0. The van der Waals surface area contributed by atoms with E-state index in [1.165, 1.54) is 37.7 Å². The van der Waals surface area contributed by atoms with Crippen molar-refractivity contribution >= 4 is 15.6 Å². The quantitative estimate of drug-likeness (QED) is 0.424. The first-order valence-corrected chi connectivity index (χ1v) is 6.96. The van der Waals surface area contributed by atoms with Crippen LogP contribution in [0.4, 0.5) is 0 Å². The molecule has 87 valence electrons. The van der Waals surface area contributed by atoms with E-state index in [0.29, 0.717) is 7.92 Å². The van der Waals surface area contributed by atoms with Gasteiger partial charge in [0.25, 0.3) is 0 Å². The number of hydrogen-bond donors (Lipinski definition) is 1. The number of hydrogen-bond acceptors (Lipinski definition) is 2. The van der Waals surface area contributed by atoms with Gasteiger partial charge >= 0.3 is 29.6 Å². The molecule has 15 heavy (non-hydrogen) atoms. The summed E-state index contributed by atoms with van der Waals surface area (Å²) >= 11 is 0. The summed E-state index contributed by atoms with van der Waals surface area (Å²) in [7, 11) is 0.189. The summed E-state index contributed by atoms with van der Waals surface area (Å²) < 4.78 is 0. The third kappa shape index (κ3) is 25.6. The van der Waals surface area contributed by atoms with Crippen LogP contribution >= 0.6 is 7.92 Å². The van der Waals surface area contributed by atoms with E-state index in [0.717, 1.165) is 0 Å². The molecule has 0 aliphatic carbocycles.